The lowest BCUT2D eigenvalue weighted by atomic mass is 9.72. The van der Waals surface area contributed by atoms with Crippen LogP contribution < -0.4 is 0 Å². The zero-order valence-electron chi connectivity index (χ0n) is 11.8. The van der Waals surface area contributed by atoms with Gasteiger partial charge >= 0.3 is 0 Å². The molecule has 0 aromatic heterocycles. The van der Waals surface area contributed by atoms with Crippen molar-refractivity contribution in [1.82, 2.24) is 0 Å². The highest BCUT2D eigenvalue weighted by molar-refractivity contribution is 7.85. The van der Waals surface area contributed by atoms with E-state index in [-0.39, 0.29) is 11.5 Å². The molecule has 1 aliphatic rings. The lowest BCUT2D eigenvalue weighted by molar-refractivity contribution is 0.161. The number of aliphatic hydroxyl groups excluding tert-OH is 1. The van der Waals surface area contributed by atoms with Crippen molar-refractivity contribution in [2.75, 3.05) is 5.75 Å². The minimum atomic E-state index is -1.03. The number of hydrogen-bond acceptors (Lipinski definition) is 2. The molecule has 0 fully saturated rings. The van der Waals surface area contributed by atoms with Crippen molar-refractivity contribution in [3.63, 3.8) is 0 Å². The summed E-state index contributed by atoms with van der Waals surface area (Å²) in [5, 5.41) is 10.0. The molecule has 0 saturated heterocycles. The summed E-state index contributed by atoms with van der Waals surface area (Å²) in [6.07, 6.45) is 1.39. The van der Waals surface area contributed by atoms with Crippen molar-refractivity contribution in [3.05, 3.63) is 41.5 Å². The van der Waals surface area contributed by atoms with E-state index in [4.69, 9.17) is 0 Å². The molecule has 104 valence electrons. The topological polar surface area (TPSA) is 37.3 Å². The first-order valence-corrected chi connectivity index (χ1v) is 8.05. The van der Waals surface area contributed by atoms with Crippen LogP contribution in [0.25, 0.3) is 0 Å². The molecule has 0 saturated carbocycles. The molecule has 2 nitrogen and oxygen atoms in total. The number of benzene rings is 1. The summed E-state index contributed by atoms with van der Waals surface area (Å²) < 4.78 is 12.4. The molecule has 1 aliphatic carbocycles. The zero-order chi connectivity index (χ0) is 14.0. The Kier molecular flexibility index (Phi) is 4.26. The average molecular weight is 278 g/mol. The van der Waals surface area contributed by atoms with Crippen molar-refractivity contribution in [3.8, 4) is 0 Å². The van der Waals surface area contributed by atoms with Crippen LogP contribution in [0.15, 0.2) is 46.4 Å². The molecule has 2 rings (SSSR count). The highest BCUT2D eigenvalue weighted by atomic mass is 32.2. The molecule has 3 heteroatoms. The van der Waals surface area contributed by atoms with Gasteiger partial charge in [0.1, 0.15) is 0 Å². The second-order valence-corrected chi connectivity index (χ2v) is 7.35. The maximum Gasteiger partial charge on any atom is 0.0750 e. The van der Waals surface area contributed by atoms with Crippen molar-refractivity contribution >= 4 is 10.8 Å². The van der Waals surface area contributed by atoms with Gasteiger partial charge in [0.2, 0.25) is 0 Å². The average Bonchev–Trinajstić information content (AvgIpc) is 2.40. The van der Waals surface area contributed by atoms with E-state index in [1.165, 1.54) is 0 Å². The van der Waals surface area contributed by atoms with Gasteiger partial charge in [-0.25, -0.2) is 0 Å². The molecule has 0 bridgehead atoms. The SMILES string of the molecule is CC1=C(CS(=O)c2ccccc2)C(C)(C)CCC1O. The third-order valence-corrected chi connectivity index (χ3v) is 5.47. The fourth-order valence-corrected chi connectivity index (χ4v) is 4.20. The number of hydrogen-bond donors (Lipinski definition) is 1. The molecule has 1 N–H and O–H groups in total. The van der Waals surface area contributed by atoms with Crippen LogP contribution in [0.3, 0.4) is 0 Å². The third-order valence-electron chi connectivity index (χ3n) is 4.12. The summed E-state index contributed by atoms with van der Waals surface area (Å²) in [7, 11) is -1.03. The second kappa shape index (κ2) is 5.59. The second-order valence-electron chi connectivity index (χ2n) is 5.90. The van der Waals surface area contributed by atoms with E-state index in [1.54, 1.807) is 0 Å². The molecule has 2 atom stereocenters. The van der Waals surface area contributed by atoms with E-state index < -0.39 is 10.8 Å². The van der Waals surface area contributed by atoms with Crippen LogP contribution in [0, 0.1) is 5.41 Å². The Hall–Kier alpha value is -0.930. The van der Waals surface area contributed by atoms with E-state index in [0.29, 0.717) is 5.75 Å². The molecular formula is C16H22O2S. The Balaban J connectivity index is 2.26. The van der Waals surface area contributed by atoms with Crippen LogP contribution in [0.5, 0.6) is 0 Å². The van der Waals surface area contributed by atoms with Crippen LogP contribution in [0.2, 0.25) is 0 Å². The maximum atomic E-state index is 12.4. The smallest absolute Gasteiger partial charge is 0.0750 e. The summed E-state index contributed by atoms with van der Waals surface area (Å²) >= 11 is 0. The first kappa shape index (κ1) is 14.5. The van der Waals surface area contributed by atoms with E-state index in [0.717, 1.165) is 28.9 Å². The highest BCUT2D eigenvalue weighted by Gasteiger charge is 2.33. The lowest BCUT2D eigenvalue weighted by Crippen LogP contribution is -2.30. The molecule has 2 unspecified atom stereocenters. The van der Waals surface area contributed by atoms with E-state index in [2.05, 4.69) is 13.8 Å². The monoisotopic (exact) mass is 278 g/mol. The summed E-state index contributed by atoms with van der Waals surface area (Å²) in [6, 6.07) is 9.56. The van der Waals surface area contributed by atoms with Gasteiger partial charge in [0.25, 0.3) is 0 Å². The molecule has 0 radical (unpaired) electrons. The Morgan fingerprint density at radius 3 is 2.58 bits per heavy atom. The predicted octanol–water partition coefficient (Wildman–Crippen LogP) is 3.29. The zero-order valence-corrected chi connectivity index (χ0v) is 12.7. The van der Waals surface area contributed by atoms with Crippen LogP contribution >= 0.6 is 0 Å². The van der Waals surface area contributed by atoms with Gasteiger partial charge in [-0.1, -0.05) is 37.6 Å². The van der Waals surface area contributed by atoms with Gasteiger partial charge < -0.3 is 5.11 Å². The quantitative estimate of drug-likeness (QED) is 0.861. The van der Waals surface area contributed by atoms with Gasteiger partial charge in [-0.3, -0.25) is 4.21 Å². The Morgan fingerprint density at radius 2 is 1.95 bits per heavy atom. The Morgan fingerprint density at radius 1 is 1.32 bits per heavy atom. The lowest BCUT2D eigenvalue weighted by Gasteiger charge is -2.36. The summed E-state index contributed by atoms with van der Waals surface area (Å²) in [5.74, 6) is 0.528. The van der Waals surface area contributed by atoms with Gasteiger partial charge in [-0.15, -0.1) is 0 Å². The summed E-state index contributed by atoms with van der Waals surface area (Å²) in [4.78, 5) is 0.860. The standard InChI is InChI=1S/C16H22O2S/c1-12-14(16(2,3)10-9-15(12)17)11-19(18)13-7-5-4-6-8-13/h4-8,15,17H,9-11H2,1-3H3. The summed E-state index contributed by atoms with van der Waals surface area (Å²) in [6.45, 7) is 6.34. The van der Waals surface area contributed by atoms with E-state index in [1.807, 2.05) is 37.3 Å². The Labute approximate surface area is 118 Å². The fraction of sp³-hybridized carbons (Fsp3) is 0.500. The maximum absolute atomic E-state index is 12.4. The molecular weight excluding hydrogens is 256 g/mol. The molecule has 1 aromatic carbocycles. The molecule has 0 heterocycles. The van der Waals surface area contributed by atoms with Crippen LogP contribution in [-0.4, -0.2) is 21.2 Å². The van der Waals surface area contributed by atoms with Crippen molar-refractivity contribution in [1.29, 1.82) is 0 Å². The molecule has 0 aliphatic heterocycles. The number of rotatable bonds is 3. The Bertz CT molecular complexity index is 503. The molecule has 1 aromatic rings. The van der Waals surface area contributed by atoms with Crippen LogP contribution in [0.4, 0.5) is 0 Å². The largest absolute Gasteiger partial charge is 0.389 e. The molecule has 19 heavy (non-hydrogen) atoms. The predicted molar refractivity (Wildman–Crippen MR) is 79.4 cm³/mol. The van der Waals surface area contributed by atoms with Gasteiger partial charge in [0.15, 0.2) is 0 Å². The van der Waals surface area contributed by atoms with Crippen molar-refractivity contribution in [2.24, 2.45) is 5.41 Å². The van der Waals surface area contributed by atoms with Gasteiger partial charge in [0.05, 0.1) is 22.7 Å². The third kappa shape index (κ3) is 3.15. The first-order chi connectivity index (χ1) is 8.92. The van der Waals surface area contributed by atoms with E-state index in [9.17, 15) is 9.32 Å². The fourth-order valence-electron chi connectivity index (χ4n) is 2.70. The van der Waals surface area contributed by atoms with Crippen LogP contribution in [-0.2, 0) is 10.8 Å². The summed E-state index contributed by atoms with van der Waals surface area (Å²) in [5.41, 5.74) is 2.21. The van der Waals surface area contributed by atoms with Gasteiger partial charge in [0, 0.05) is 4.90 Å². The van der Waals surface area contributed by atoms with Crippen LogP contribution in [0.1, 0.15) is 33.6 Å². The van der Waals surface area contributed by atoms with Crippen molar-refractivity contribution < 1.29 is 9.32 Å². The van der Waals surface area contributed by atoms with Gasteiger partial charge in [-0.05, 0) is 42.9 Å². The highest BCUT2D eigenvalue weighted by Crippen LogP contribution is 2.40. The normalized spacial score (nSPS) is 24.3. The van der Waals surface area contributed by atoms with Gasteiger partial charge in [-0.2, -0.15) is 0 Å². The molecule has 0 amide bonds. The first-order valence-electron chi connectivity index (χ1n) is 6.73. The number of aliphatic hydroxyl groups is 1. The van der Waals surface area contributed by atoms with Crippen molar-refractivity contribution in [2.45, 2.75) is 44.6 Å². The minimum absolute atomic E-state index is 0.0355. The minimum Gasteiger partial charge on any atom is -0.389 e. The molecule has 0 spiro atoms. The van der Waals surface area contributed by atoms with E-state index >= 15 is 0 Å².